The van der Waals surface area contributed by atoms with Gasteiger partial charge in [-0.05, 0) is 47.9 Å². The molecule has 3 aromatic rings. The van der Waals surface area contributed by atoms with Crippen LogP contribution in [0.2, 0.25) is 0 Å². The van der Waals surface area contributed by atoms with E-state index >= 15 is 0 Å². The topological polar surface area (TPSA) is 35.5 Å². The molecule has 0 fully saturated rings. The minimum Gasteiger partial charge on any atom is -0.460 e. The van der Waals surface area contributed by atoms with Gasteiger partial charge >= 0.3 is 12.1 Å². The smallest absolute Gasteiger partial charge is 0.416 e. The first-order valence-electron chi connectivity index (χ1n) is 10.7. The van der Waals surface area contributed by atoms with E-state index in [9.17, 15) is 22.4 Å². The van der Waals surface area contributed by atoms with Crippen LogP contribution in [0.5, 0.6) is 11.5 Å². The number of hydrogen-bond donors (Lipinski definition) is 0. The fraction of sp³-hybridized carbons (Fsp3) is 0.222. The molecule has 0 radical (unpaired) electrons. The monoisotopic (exact) mass is 472 g/mol. The van der Waals surface area contributed by atoms with E-state index in [4.69, 9.17) is 9.47 Å². The zero-order valence-electron chi connectivity index (χ0n) is 18.7. The predicted molar refractivity (Wildman–Crippen MR) is 122 cm³/mol. The van der Waals surface area contributed by atoms with Crippen molar-refractivity contribution in [3.05, 3.63) is 101 Å². The molecule has 0 aliphatic heterocycles. The lowest BCUT2D eigenvalue weighted by molar-refractivity contribution is -0.149. The van der Waals surface area contributed by atoms with E-state index < -0.39 is 29.4 Å². The van der Waals surface area contributed by atoms with Crippen molar-refractivity contribution in [1.82, 2.24) is 0 Å². The SMILES string of the molecule is CC(C)C(C=Cc1ccc(C(F)(F)F)cc1F)C(=O)OCc1cccc(Oc2ccccc2)c1. The van der Waals surface area contributed by atoms with Crippen LogP contribution in [0.4, 0.5) is 17.6 Å². The lowest BCUT2D eigenvalue weighted by Gasteiger charge is -2.16. The van der Waals surface area contributed by atoms with Gasteiger partial charge in [-0.2, -0.15) is 13.2 Å². The number of carbonyl (C=O) groups is 1. The average Bonchev–Trinajstić information content (AvgIpc) is 2.79. The summed E-state index contributed by atoms with van der Waals surface area (Å²) in [4.78, 5) is 12.7. The van der Waals surface area contributed by atoms with Crippen molar-refractivity contribution in [3.63, 3.8) is 0 Å². The number of carbonyl (C=O) groups excluding carboxylic acids is 1. The molecule has 0 amide bonds. The van der Waals surface area contributed by atoms with Crippen molar-refractivity contribution in [2.45, 2.75) is 26.6 Å². The fourth-order valence-electron chi connectivity index (χ4n) is 3.19. The Bertz CT molecular complexity index is 1140. The van der Waals surface area contributed by atoms with Crippen molar-refractivity contribution in [2.24, 2.45) is 11.8 Å². The molecule has 0 spiro atoms. The second kappa shape index (κ2) is 11.0. The third kappa shape index (κ3) is 6.94. The standard InChI is InChI=1S/C27H24F4O3/c1-18(2)24(14-12-20-11-13-21(16-25(20)28)27(29,30)31)26(32)33-17-19-7-6-10-23(15-19)34-22-8-4-3-5-9-22/h3-16,18,24H,17H2,1-2H3. The minimum atomic E-state index is -4.63. The highest BCUT2D eigenvalue weighted by atomic mass is 19.4. The first-order valence-corrected chi connectivity index (χ1v) is 10.7. The third-order valence-electron chi connectivity index (χ3n) is 5.06. The summed E-state index contributed by atoms with van der Waals surface area (Å²) >= 11 is 0. The van der Waals surface area contributed by atoms with Crippen molar-refractivity contribution in [1.29, 1.82) is 0 Å². The van der Waals surface area contributed by atoms with E-state index in [1.165, 1.54) is 12.2 Å². The van der Waals surface area contributed by atoms with Crippen LogP contribution in [0.25, 0.3) is 6.08 Å². The van der Waals surface area contributed by atoms with Gasteiger partial charge in [0.2, 0.25) is 0 Å². The first-order chi connectivity index (χ1) is 16.1. The van der Waals surface area contributed by atoms with E-state index in [0.717, 1.165) is 17.7 Å². The molecule has 1 atom stereocenters. The van der Waals surface area contributed by atoms with Crippen molar-refractivity contribution < 1.29 is 31.8 Å². The summed E-state index contributed by atoms with van der Waals surface area (Å²) in [5.41, 5.74) is -0.389. The molecule has 0 N–H and O–H groups in total. The molecule has 1 unspecified atom stereocenters. The fourth-order valence-corrected chi connectivity index (χ4v) is 3.19. The summed E-state index contributed by atoms with van der Waals surface area (Å²) in [6.07, 6.45) is -1.87. The number of ether oxygens (including phenoxy) is 2. The number of rotatable bonds is 8. The highest BCUT2D eigenvalue weighted by Gasteiger charge is 2.31. The maximum Gasteiger partial charge on any atom is 0.416 e. The average molecular weight is 472 g/mol. The van der Waals surface area contributed by atoms with Gasteiger partial charge in [0.15, 0.2) is 0 Å². The molecule has 0 saturated carbocycles. The molecule has 7 heteroatoms. The Balaban J connectivity index is 1.65. The van der Waals surface area contributed by atoms with Gasteiger partial charge in [0.25, 0.3) is 0 Å². The molecule has 0 bridgehead atoms. The number of hydrogen-bond acceptors (Lipinski definition) is 3. The molecule has 0 aromatic heterocycles. The Morgan fingerprint density at radius 1 is 0.941 bits per heavy atom. The Morgan fingerprint density at radius 2 is 1.65 bits per heavy atom. The van der Waals surface area contributed by atoms with E-state index in [-0.39, 0.29) is 18.1 Å². The molecular formula is C27H24F4O3. The molecule has 3 rings (SSSR count). The molecule has 0 heterocycles. The maximum atomic E-state index is 14.1. The quantitative estimate of drug-likeness (QED) is 0.249. The summed E-state index contributed by atoms with van der Waals surface area (Å²) in [5, 5.41) is 0. The van der Waals surface area contributed by atoms with Gasteiger partial charge in [-0.1, -0.05) is 62.4 Å². The number of alkyl halides is 3. The third-order valence-corrected chi connectivity index (χ3v) is 5.06. The molecule has 3 aromatic carbocycles. The van der Waals surface area contributed by atoms with Crippen LogP contribution in [0, 0.1) is 17.7 Å². The van der Waals surface area contributed by atoms with E-state index in [0.29, 0.717) is 17.6 Å². The van der Waals surface area contributed by atoms with Crippen LogP contribution < -0.4 is 4.74 Å². The zero-order valence-corrected chi connectivity index (χ0v) is 18.7. The number of para-hydroxylation sites is 1. The lowest BCUT2D eigenvalue weighted by Crippen LogP contribution is -2.20. The maximum absolute atomic E-state index is 14.1. The summed E-state index contributed by atoms with van der Waals surface area (Å²) in [6, 6.07) is 18.7. The molecule has 0 saturated heterocycles. The minimum absolute atomic E-state index is 0.0104. The van der Waals surface area contributed by atoms with Gasteiger partial charge in [0.1, 0.15) is 23.9 Å². The van der Waals surface area contributed by atoms with E-state index in [1.54, 1.807) is 38.1 Å². The highest BCUT2D eigenvalue weighted by Crippen LogP contribution is 2.31. The van der Waals surface area contributed by atoms with Gasteiger partial charge < -0.3 is 9.47 Å². The van der Waals surface area contributed by atoms with Crippen LogP contribution in [-0.4, -0.2) is 5.97 Å². The van der Waals surface area contributed by atoms with Crippen LogP contribution >= 0.6 is 0 Å². The number of benzene rings is 3. The number of halogens is 4. The Morgan fingerprint density at radius 3 is 2.29 bits per heavy atom. The van der Waals surface area contributed by atoms with Crippen molar-refractivity contribution in [3.8, 4) is 11.5 Å². The predicted octanol–water partition coefficient (Wildman–Crippen LogP) is 7.67. The van der Waals surface area contributed by atoms with Gasteiger partial charge in [0, 0.05) is 5.56 Å². The van der Waals surface area contributed by atoms with Crippen molar-refractivity contribution in [2.75, 3.05) is 0 Å². The molecule has 178 valence electrons. The van der Waals surface area contributed by atoms with Crippen LogP contribution in [0.3, 0.4) is 0 Å². The normalized spacial score (nSPS) is 12.7. The number of esters is 1. The van der Waals surface area contributed by atoms with Crippen LogP contribution in [0.1, 0.15) is 30.5 Å². The molecule has 3 nitrogen and oxygen atoms in total. The van der Waals surface area contributed by atoms with Gasteiger partial charge in [0.05, 0.1) is 11.5 Å². The molecule has 34 heavy (non-hydrogen) atoms. The molecule has 0 aliphatic rings. The highest BCUT2D eigenvalue weighted by molar-refractivity contribution is 5.76. The van der Waals surface area contributed by atoms with Gasteiger partial charge in [-0.3, -0.25) is 4.79 Å². The van der Waals surface area contributed by atoms with Crippen LogP contribution in [0.15, 0.2) is 78.9 Å². The van der Waals surface area contributed by atoms with Gasteiger partial charge in [-0.15, -0.1) is 0 Å². The Hall–Kier alpha value is -3.61. The lowest BCUT2D eigenvalue weighted by atomic mass is 9.94. The molecular weight excluding hydrogens is 448 g/mol. The van der Waals surface area contributed by atoms with Crippen molar-refractivity contribution >= 4 is 12.0 Å². The summed E-state index contributed by atoms with van der Waals surface area (Å²) < 4.78 is 63.5. The van der Waals surface area contributed by atoms with E-state index in [2.05, 4.69) is 0 Å². The second-order valence-electron chi connectivity index (χ2n) is 8.03. The van der Waals surface area contributed by atoms with Gasteiger partial charge in [-0.25, -0.2) is 4.39 Å². The first kappa shape index (κ1) is 25.0. The Labute approximate surface area is 195 Å². The van der Waals surface area contributed by atoms with Crippen LogP contribution in [-0.2, 0) is 22.3 Å². The summed E-state index contributed by atoms with van der Waals surface area (Å²) in [6.45, 7) is 3.61. The summed E-state index contributed by atoms with van der Waals surface area (Å²) in [7, 11) is 0. The Kier molecular flexibility index (Phi) is 8.10. The second-order valence-corrected chi connectivity index (χ2v) is 8.03. The van der Waals surface area contributed by atoms with E-state index in [1.807, 2.05) is 30.3 Å². The summed E-state index contributed by atoms with van der Waals surface area (Å²) in [5.74, 6) is -1.14. The zero-order chi connectivity index (χ0) is 24.7. The molecule has 0 aliphatic carbocycles. The largest absolute Gasteiger partial charge is 0.460 e.